The maximum Gasteiger partial charge on any atom is 0.344 e. The summed E-state index contributed by atoms with van der Waals surface area (Å²) in [7, 11) is 0. The number of piperidine rings is 1. The fourth-order valence-electron chi connectivity index (χ4n) is 6.22. The van der Waals surface area contributed by atoms with E-state index in [1.165, 1.54) is 35.7 Å². The summed E-state index contributed by atoms with van der Waals surface area (Å²) in [6.07, 6.45) is 5.88. The number of likely N-dealkylation sites (N-methyl/N-ethyl adjacent to an activating group) is 1. The number of anilines is 2. The highest BCUT2D eigenvalue weighted by molar-refractivity contribution is 6.30. The molecule has 0 radical (unpaired) electrons. The molecule has 9 nitrogen and oxygen atoms in total. The fourth-order valence-corrected chi connectivity index (χ4v) is 6.39. The lowest BCUT2D eigenvalue weighted by molar-refractivity contribution is -0.114. The molecule has 4 heterocycles. The van der Waals surface area contributed by atoms with E-state index < -0.39 is 0 Å². The molecule has 1 spiro atoms. The van der Waals surface area contributed by atoms with Crippen molar-refractivity contribution in [2.24, 2.45) is 0 Å². The molecule has 3 aliphatic heterocycles. The summed E-state index contributed by atoms with van der Waals surface area (Å²) < 4.78 is 1.33. The molecular weight excluding hydrogens is 490 g/mol. The maximum absolute atomic E-state index is 13.0. The van der Waals surface area contributed by atoms with Crippen molar-refractivity contribution in [3.63, 3.8) is 0 Å². The van der Waals surface area contributed by atoms with Gasteiger partial charge in [0.25, 0.3) is 0 Å². The smallest absolute Gasteiger partial charge is 0.344 e. The quantitative estimate of drug-likeness (QED) is 0.638. The third kappa shape index (κ3) is 5.63. The number of nitrogens with one attached hydrogen (secondary N) is 1. The zero-order valence-electron chi connectivity index (χ0n) is 22.0. The van der Waals surface area contributed by atoms with Gasteiger partial charge in [-0.15, -0.1) is 5.10 Å². The van der Waals surface area contributed by atoms with Gasteiger partial charge in [-0.05, 0) is 56.5 Å². The van der Waals surface area contributed by atoms with E-state index in [4.69, 9.17) is 11.6 Å². The third-order valence-corrected chi connectivity index (χ3v) is 8.60. The molecular formula is C27H38ClN7O2. The van der Waals surface area contributed by atoms with E-state index in [2.05, 4.69) is 44.2 Å². The van der Waals surface area contributed by atoms with E-state index in [0.29, 0.717) is 18.9 Å². The molecule has 10 heteroatoms. The first-order valence-electron chi connectivity index (χ1n) is 13.5. The highest BCUT2D eigenvalue weighted by Gasteiger charge is 2.44. The SMILES string of the molecule is CCN1CCN(c2cc(Cl)ccc2CN2CCCC23CCN(C(=O)n2ccc(NC(C)=O)n2)CC3)CC1. The van der Waals surface area contributed by atoms with Crippen LogP contribution in [0.5, 0.6) is 0 Å². The Hall–Kier alpha value is -2.62. The Morgan fingerprint density at radius 1 is 1.03 bits per heavy atom. The molecule has 3 fully saturated rings. The van der Waals surface area contributed by atoms with Crippen LogP contribution in [0.15, 0.2) is 30.5 Å². The summed E-state index contributed by atoms with van der Waals surface area (Å²) >= 11 is 6.46. The molecule has 0 aliphatic carbocycles. The number of likely N-dealkylation sites (tertiary alicyclic amines) is 2. The molecule has 5 rings (SSSR count). The van der Waals surface area contributed by atoms with Gasteiger partial charge in [0.1, 0.15) is 0 Å². The molecule has 200 valence electrons. The normalized spacial score (nSPS) is 20.5. The first-order valence-corrected chi connectivity index (χ1v) is 13.9. The first kappa shape index (κ1) is 26.0. The molecule has 0 bridgehead atoms. The van der Waals surface area contributed by atoms with Gasteiger partial charge in [-0.2, -0.15) is 4.68 Å². The average molecular weight is 528 g/mol. The van der Waals surface area contributed by atoms with Crippen LogP contribution < -0.4 is 10.2 Å². The van der Waals surface area contributed by atoms with Crippen molar-refractivity contribution in [3.05, 3.63) is 41.0 Å². The number of hydrogen-bond donors (Lipinski definition) is 1. The van der Waals surface area contributed by atoms with Gasteiger partial charge < -0.3 is 20.0 Å². The number of nitrogens with zero attached hydrogens (tertiary/aromatic N) is 6. The van der Waals surface area contributed by atoms with Crippen molar-refractivity contribution < 1.29 is 9.59 Å². The van der Waals surface area contributed by atoms with Crippen LogP contribution in [0.3, 0.4) is 0 Å². The van der Waals surface area contributed by atoms with Crippen molar-refractivity contribution in [3.8, 4) is 0 Å². The molecule has 1 N–H and O–H groups in total. The Kier molecular flexibility index (Phi) is 7.74. The number of carbonyl (C=O) groups excluding carboxylic acids is 2. The molecule has 0 saturated carbocycles. The predicted octanol–water partition coefficient (Wildman–Crippen LogP) is 3.74. The number of hydrogen-bond acceptors (Lipinski definition) is 6. The van der Waals surface area contributed by atoms with Crippen LogP contribution in [0, 0.1) is 0 Å². The van der Waals surface area contributed by atoms with E-state index in [9.17, 15) is 9.59 Å². The fraction of sp³-hybridized carbons (Fsp3) is 0.593. The molecule has 1 aromatic carbocycles. The summed E-state index contributed by atoms with van der Waals surface area (Å²) in [6, 6.07) is 7.88. The monoisotopic (exact) mass is 527 g/mol. The summed E-state index contributed by atoms with van der Waals surface area (Å²) in [5.41, 5.74) is 2.74. The molecule has 2 amide bonds. The minimum absolute atomic E-state index is 0.125. The van der Waals surface area contributed by atoms with Gasteiger partial charge in [0, 0.05) is 81.2 Å². The van der Waals surface area contributed by atoms with Crippen LogP contribution in [0.1, 0.15) is 45.1 Å². The Morgan fingerprint density at radius 3 is 2.49 bits per heavy atom. The number of halogens is 1. The van der Waals surface area contributed by atoms with Crippen molar-refractivity contribution in [2.45, 2.75) is 51.6 Å². The number of amides is 2. The second-order valence-corrected chi connectivity index (χ2v) is 11.0. The zero-order chi connectivity index (χ0) is 26.0. The number of aromatic nitrogens is 2. The first-order chi connectivity index (χ1) is 17.9. The van der Waals surface area contributed by atoms with Crippen molar-refractivity contribution >= 4 is 35.0 Å². The maximum atomic E-state index is 13.0. The van der Waals surface area contributed by atoms with E-state index in [0.717, 1.165) is 63.7 Å². The van der Waals surface area contributed by atoms with Gasteiger partial charge in [0.2, 0.25) is 5.91 Å². The minimum atomic E-state index is -0.203. The van der Waals surface area contributed by atoms with Crippen LogP contribution in [-0.2, 0) is 11.3 Å². The lowest BCUT2D eigenvalue weighted by Crippen LogP contribution is -2.53. The van der Waals surface area contributed by atoms with Crippen molar-refractivity contribution in [1.29, 1.82) is 0 Å². The van der Waals surface area contributed by atoms with E-state index in [1.54, 1.807) is 12.3 Å². The number of piperazine rings is 1. The Morgan fingerprint density at radius 2 is 1.78 bits per heavy atom. The van der Waals surface area contributed by atoms with Gasteiger partial charge in [-0.1, -0.05) is 24.6 Å². The minimum Gasteiger partial charge on any atom is -0.369 e. The highest BCUT2D eigenvalue weighted by Crippen LogP contribution is 2.40. The van der Waals surface area contributed by atoms with Gasteiger partial charge in [-0.3, -0.25) is 9.69 Å². The molecule has 3 aliphatic rings. The molecule has 37 heavy (non-hydrogen) atoms. The predicted molar refractivity (Wildman–Crippen MR) is 146 cm³/mol. The van der Waals surface area contributed by atoms with E-state index in [1.807, 2.05) is 11.0 Å². The number of rotatable bonds is 5. The lowest BCUT2D eigenvalue weighted by Gasteiger charge is -2.45. The molecule has 3 saturated heterocycles. The largest absolute Gasteiger partial charge is 0.369 e. The summed E-state index contributed by atoms with van der Waals surface area (Å²) in [4.78, 5) is 33.9. The van der Waals surface area contributed by atoms with Gasteiger partial charge in [0.05, 0.1) is 0 Å². The van der Waals surface area contributed by atoms with Crippen molar-refractivity contribution in [1.82, 2.24) is 24.5 Å². The standard InChI is InChI=1S/C27H38ClN7O2/c1-3-31-15-17-32(18-16-31)24-19-23(28)6-5-22(24)20-34-11-4-8-27(34)9-13-33(14-10-27)26(37)35-12-7-25(30-35)29-21(2)36/h5-7,12,19H,3-4,8-11,13-18,20H2,1-2H3,(H,29,30,36). The summed E-state index contributed by atoms with van der Waals surface area (Å²) in [5.74, 6) is 0.192. The van der Waals surface area contributed by atoms with Crippen LogP contribution in [-0.4, -0.2) is 94.3 Å². The second-order valence-electron chi connectivity index (χ2n) is 10.5. The molecule has 0 unspecified atom stereocenters. The van der Waals surface area contributed by atoms with Gasteiger partial charge >= 0.3 is 6.03 Å². The summed E-state index contributed by atoms with van der Waals surface area (Å²) in [5, 5.41) is 7.64. The van der Waals surface area contributed by atoms with E-state index in [-0.39, 0.29) is 17.5 Å². The van der Waals surface area contributed by atoms with Gasteiger partial charge in [0.15, 0.2) is 5.82 Å². The van der Waals surface area contributed by atoms with Crippen molar-refractivity contribution in [2.75, 3.05) is 62.6 Å². The molecule has 1 aromatic heterocycles. The highest BCUT2D eigenvalue weighted by atomic mass is 35.5. The Bertz CT molecular complexity index is 1120. The third-order valence-electron chi connectivity index (χ3n) is 8.36. The zero-order valence-corrected chi connectivity index (χ0v) is 22.7. The number of benzene rings is 1. The van der Waals surface area contributed by atoms with E-state index >= 15 is 0 Å². The second kappa shape index (κ2) is 11.0. The topological polar surface area (TPSA) is 77.0 Å². The summed E-state index contributed by atoms with van der Waals surface area (Å²) in [6.45, 7) is 12.4. The van der Waals surface area contributed by atoms with Crippen LogP contribution in [0.4, 0.5) is 16.3 Å². The molecule has 0 atom stereocenters. The van der Waals surface area contributed by atoms with Crippen LogP contribution in [0.25, 0.3) is 0 Å². The van der Waals surface area contributed by atoms with Crippen LogP contribution >= 0.6 is 11.6 Å². The lowest BCUT2D eigenvalue weighted by atomic mass is 9.84. The van der Waals surface area contributed by atoms with Gasteiger partial charge in [-0.25, -0.2) is 4.79 Å². The Balaban J connectivity index is 1.25. The average Bonchev–Trinajstić information content (AvgIpc) is 3.52. The van der Waals surface area contributed by atoms with Crippen LogP contribution in [0.2, 0.25) is 5.02 Å². The Labute approximate surface area is 224 Å². The molecule has 2 aromatic rings. The number of carbonyl (C=O) groups is 2.